The van der Waals surface area contributed by atoms with Crippen LogP contribution in [0, 0.1) is 11.6 Å². The third kappa shape index (κ3) is 3.22. The predicted molar refractivity (Wildman–Crippen MR) is 55.2 cm³/mol. The van der Waals surface area contributed by atoms with E-state index in [1.807, 2.05) is 0 Å². The second-order valence-electron chi connectivity index (χ2n) is 3.36. The molecule has 16 heavy (non-hydrogen) atoms. The summed E-state index contributed by atoms with van der Waals surface area (Å²) in [6.45, 7) is 1.64. The molecule has 1 aromatic rings. The van der Waals surface area contributed by atoms with Crippen LogP contribution in [0.15, 0.2) is 23.1 Å². The number of rotatable bonds is 4. The summed E-state index contributed by atoms with van der Waals surface area (Å²) >= 11 is 0. The van der Waals surface area contributed by atoms with Crippen LogP contribution in [0.2, 0.25) is 0 Å². The number of nitrogens with one attached hydrogen (secondary N) is 1. The Morgan fingerprint density at radius 1 is 1.31 bits per heavy atom. The number of hydrogen-bond donors (Lipinski definition) is 2. The van der Waals surface area contributed by atoms with E-state index in [0.717, 1.165) is 12.1 Å². The molecular formula is C9H12F2N2O2S. The van der Waals surface area contributed by atoms with Crippen molar-refractivity contribution in [3.8, 4) is 0 Å². The van der Waals surface area contributed by atoms with E-state index in [4.69, 9.17) is 5.73 Å². The molecule has 0 fully saturated rings. The van der Waals surface area contributed by atoms with Crippen molar-refractivity contribution in [2.24, 2.45) is 5.73 Å². The minimum Gasteiger partial charge on any atom is -0.329 e. The van der Waals surface area contributed by atoms with E-state index >= 15 is 0 Å². The van der Waals surface area contributed by atoms with Crippen LogP contribution >= 0.6 is 0 Å². The number of benzene rings is 1. The highest BCUT2D eigenvalue weighted by molar-refractivity contribution is 7.89. The van der Waals surface area contributed by atoms with Crippen molar-refractivity contribution >= 4 is 10.0 Å². The zero-order chi connectivity index (χ0) is 12.3. The van der Waals surface area contributed by atoms with Crippen molar-refractivity contribution < 1.29 is 17.2 Å². The van der Waals surface area contributed by atoms with E-state index < -0.39 is 32.6 Å². The van der Waals surface area contributed by atoms with Crippen molar-refractivity contribution in [2.75, 3.05) is 6.54 Å². The number of hydrogen-bond acceptors (Lipinski definition) is 3. The lowest BCUT2D eigenvalue weighted by Gasteiger charge is -2.11. The maximum absolute atomic E-state index is 12.8. The van der Waals surface area contributed by atoms with Crippen LogP contribution in [0.3, 0.4) is 0 Å². The van der Waals surface area contributed by atoms with Gasteiger partial charge in [-0.1, -0.05) is 0 Å². The Morgan fingerprint density at radius 2 is 1.81 bits per heavy atom. The first kappa shape index (κ1) is 13.0. The molecule has 7 heteroatoms. The minimum absolute atomic E-state index is 0.0943. The molecule has 0 saturated carbocycles. The molecule has 0 radical (unpaired) electrons. The third-order valence-corrected chi connectivity index (χ3v) is 3.43. The SMILES string of the molecule is C[C@@H](CN)NS(=O)(=O)c1cc(F)cc(F)c1. The van der Waals surface area contributed by atoms with E-state index in [0.29, 0.717) is 6.07 Å². The van der Waals surface area contributed by atoms with Crippen LogP contribution < -0.4 is 10.5 Å². The Bertz CT molecular complexity index is 456. The van der Waals surface area contributed by atoms with Gasteiger partial charge in [0.2, 0.25) is 10.0 Å². The van der Waals surface area contributed by atoms with Gasteiger partial charge in [-0.25, -0.2) is 21.9 Å². The lowest BCUT2D eigenvalue weighted by Crippen LogP contribution is -2.37. The van der Waals surface area contributed by atoms with Crippen molar-refractivity contribution in [1.29, 1.82) is 0 Å². The molecule has 0 heterocycles. The Hall–Kier alpha value is -1.05. The molecule has 90 valence electrons. The fourth-order valence-corrected chi connectivity index (χ4v) is 2.36. The molecule has 3 N–H and O–H groups in total. The van der Waals surface area contributed by atoms with Gasteiger partial charge < -0.3 is 5.73 Å². The lowest BCUT2D eigenvalue weighted by atomic mass is 10.3. The summed E-state index contributed by atoms with van der Waals surface area (Å²) in [5.74, 6) is -1.89. The Labute approximate surface area is 92.5 Å². The average molecular weight is 250 g/mol. The summed E-state index contributed by atoms with van der Waals surface area (Å²) in [5, 5.41) is 0. The summed E-state index contributed by atoms with van der Waals surface area (Å²) in [6.07, 6.45) is 0. The van der Waals surface area contributed by atoms with E-state index in [1.165, 1.54) is 0 Å². The van der Waals surface area contributed by atoms with Gasteiger partial charge in [-0.3, -0.25) is 0 Å². The number of halogens is 2. The minimum atomic E-state index is -3.93. The highest BCUT2D eigenvalue weighted by Crippen LogP contribution is 2.13. The van der Waals surface area contributed by atoms with Crippen LogP contribution in [0.4, 0.5) is 8.78 Å². The van der Waals surface area contributed by atoms with Gasteiger partial charge in [0.1, 0.15) is 11.6 Å². The van der Waals surface area contributed by atoms with Crippen molar-refractivity contribution in [1.82, 2.24) is 4.72 Å². The molecule has 1 aromatic carbocycles. The van der Waals surface area contributed by atoms with Gasteiger partial charge in [0.05, 0.1) is 4.90 Å². The molecule has 0 aliphatic heterocycles. The first-order valence-electron chi connectivity index (χ1n) is 4.53. The smallest absolute Gasteiger partial charge is 0.241 e. The molecular weight excluding hydrogens is 238 g/mol. The molecule has 0 aromatic heterocycles. The maximum Gasteiger partial charge on any atom is 0.241 e. The van der Waals surface area contributed by atoms with Gasteiger partial charge in [0.25, 0.3) is 0 Å². The molecule has 0 saturated heterocycles. The first-order chi connectivity index (χ1) is 7.35. The summed E-state index contributed by atoms with van der Waals surface area (Å²) in [6, 6.07) is 1.59. The number of nitrogens with two attached hydrogens (primary N) is 1. The average Bonchev–Trinajstić information content (AvgIpc) is 2.15. The van der Waals surface area contributed by atoms with Crippen LogP contribution in [0.1, 0.15) is 6.92 Å². The fraction of sp³-hybridized carbons (Fsp3) is 0.333. The van der Waals surface area contributed by atoms with Gasteiger partial charge >= 0.3 is 0 Å². The summed E-state index contributed by atoms with van der Waals surface area (Å²) < 4.78 is 51.0. The van der Waals surface area contributed by atoms with Gasteiger partial charge in [-0.15, -0.1) is 0 Å². The van der Waals surface area contributed by atoms with Crippen molar-refractivity contribution in [3.05, 3.63) is 29.8 Å². The van der Waals surface area contributed by atoms with Gasteiger partial charge in [0.15, 0.2) is 0 Å². The Balaban J connectivity index is 3.07. The molecule has 4 nitrogen and oxygen atoms in total. The van der Waals surface area contributed by atoms with Crippen LogP contribution in [-0.4, -0.2) is 21.0 Å². The second-order valence-corrected chi connectivity index (χ2v) is 5.08. The highest BCUT2D eigenvalue weighted by atomic mass is 32.2. The normalized spacial score (nSPS) is 13.8. The largest absolute Gasteiger partial charge is 0.329 e. The first-order valence-corrected chi connectivity index (χ1v) is 6.02. The van der Waals surface area contributed by atoms with E-state index in [1.54, 1.807) is 6.92 Å². The summed E-state index contributed by atoms with van der Waals surface area (Å²) in [5.41, 5.74) is 5.24. The van der Waals surface area contributed by atoms with E-state index in [-0.39, 0.29) is 6.54 Å². The standard InChI is InChI=1S/C9H12F2N2O2S/c1-6(5-12)13-16(14,15)9-3-7(10)2-8(11)4-9/h2-4,6,13H,5,12H2,1H3/t6-/m0/s1. The van der Waals surface area contributed by atoms with Crippen molar-refractivity contribution in [3.63, 3.8) is 0 Å². The zero-order valence-electron chi connectivity index (χ0n) is 8.57. The summed E-state index contributed by atoms with van der Waals surface area (Å²) in [4.78, 5) is -0.453. The molecule has 0 unspecified atom stereocenters. The van der Waals surface area contributed by atoms with Crippen LogP contribution in [-0.2, 0) is 10.0 Å². The lowest BCUT2D eigenvalue weighted by molar-refractivity contribution is 0.551. The van der Waals surface area contributed by atoms with Gasteiger partial charge in [-0.05, 0) is 19.1 Å². The molecule has 1 atom stereocenters. The Kier molecular flexibility index (Phi) is 3.95. The van der Waals surface area contributed by atoms with Gasteiger partial charge in [-0.2, -0.15) is 0 Å². The van der Waals surface area contributed by atoms with E-state index in [9.17, 15) is 17.2 Å². The molecule has 0 bridgehead atoms. The molecule has 0 aliphatic rings. The maximum atomic E-state index is 12.8. The summed E-state index contributed by atoms with van der Waals surface area (Å²) in [7, 11) is -3.93. The molecule has 0 aliphatic carbocycles. The van der Waals surface area contributed by atoms with E-state index in [2.05, 4.69) is 4.72 Å². The van der Waals surface area contributed by atoms with Gasteiger partial charge in [0, 0.05) is 18.7 Å². The molecule has 1 rings (SSSR count). The quantitative estimate of drug-likeness (QED) is 0.821. The highest BCUT2D eigenvalue weighted by Gasteiger charge is 2.18. The zero-order valence-corrected chi connectivity index (χ0v) is 9.39. The molecule has 0 spiro atoms. The Morgan fingerprint density at radius 3 is 2.25 bits per heavy atom. The number of sulfonamides is 1. The van der Waals surface area contributed by atoms with Crippen molar-refractivity contribution in [2.45, 2.75) is 17.9 Å². The second kappa shape index (κ2) is 4.86. The topological polar surface area (TPSA) is 72.2 Å². The monoisotopic (exact) mass is 250 g/mol. The third-order valence-electron chi connectivity index (χ3n) is 1.86. The molecule has 0 amide bonds. The predicted octanol–water partition coefficient (Wildman–Crippen LogP) is 0.590. The van der Waals surface area contributed by atoms with Crippen LogP contribution in [0.25, 0.3) is 0 Å². The fourth-order valence-electron chi connectivity index (χ4n) is 1.06. The van der Waals surface area contributed by atoms with Crippen LogP contribution in [0.5, 0.6) is 0 Å².